The summed E-state index contributed by atoms with van der Waals surface area (Å²) in [6.07, 6.45) is 0.774. The van der Waals surface area contributed by atoms with Crippen LogP contribution >= 0.6 is 0 Å². The first kappa shape index (κ1) is 18.5. The van der Waals surface area contributed by atoms with E-state index in [0.717, 1.165) is 56.2 Å². The Labute approximate surface area is 144 Å². The zero-order chi connectivity index (χ0) is 17.4. The molecule has 0 aliphatic carbocycles. The predicted molar refractivity (Wildman–Crippen MR) is 94.8 cm³/mol. The monoisotopic (exact) mass is 335 g/mol. The number of likely N-dealkylation sites (N-methyl/N-ethyl adjacent to an activating group) is 1. The Morgan fingerprint density at radius 1 is 1.08 bits per heavy atom. The van der Waals surface area contributed by atoms with Gasteiger partial charge in [-0.05, 0) is 30.7 Å². The normalized spacial score (nSPS) is 16.0. The van der Waals surface area contributed by atoms with Crippen LogP contribution in [0.5, 0.6) is 11.5 Å². The number of piperazine rings is 1. The number of nitrogens with one attached hydrogen (secondary N) is 1. The van der Waals surface area contributed by atoms with E-state index in [9.17, 15) is 4.79 Å². The van der Waals surface area contributed by atoms with Gasteiger partial charge in [-0.15, -0.1) is 0 Å². The molecule has 0 aromatic heterocycles. The summed E-state index contributed by atoms with van der Waals surface area (Å²) in [5.41, 5.74) is 1.12. The van der Waals surface area contributed by atoms with Crippen molar-refractivity contribution in [2.75, 3.05) is 60.0 Å². The van der Waals surface area contributed by atoms with Crippen LogP contribution in [0.4, 0.5) is 0 Å². The smallest absolute Gasteiger partial charge is 0.234 e. The standard InChI is InChI=1S/C18H29N3O3/c1-4-20-9-11-21(12-10-20)14-18(22)19-8-7-15-5-6-16(23-2)17(13-15)24-3/h5-6,13H,4,7-12,14H2,1-3H3,(H,19,22). The van der Waals surface area contributed by atoms with Crippen molar-refractivity contribution in [3.8, 4) is 11.5 Å². The van der Waals surface area contributed by atoms with Crippen molar-refractivity contribution in [3.05, 3.63) is 23.8 Å². The van der Waals surface area contributed by atoms with Gasteiger partial charge in [-0.1, -0.05) is 13.0 Å². The Balaban J connectivity index is 1.71. The topological polar surface area (TPSA) is 54.0 Å². The van der Waals surface area contributed by atoms with E-state index in [4.69, 9.17) is 9.47 Å². The second kappa shape index (κ2) is 9.49. The second-order valence-electron chi connectivity index (χ2n) is 6.00. The average Bonchev–Trinajstić information content (AvgIpc) is 2.62. The molecule has 1 heterocycles. The zero-order valence-electron chi connectivity index (χ0n) is 15.0. The molecule has 1 N–H and O–H groups in total. The van der Waals surface area contributed by atoms with Crippen LogP contribution in [0.3, 0.4) is 0 Å². The van der Waals surface area contributed by atoms with Gasteiger partial charge in [-0.25, -0.2) is 0 Å². The molecule has 1 aromatic rings. The zero-order valence-corrected chi connectivity index (χ0v) is 15.0. The molecule has 1 aromatic carbocycles. The van der Waals surface area contributed by atoms with Crippen molar-refractivity contribution in [1.82, 2.24) is 15.1 Å². The van der Waals surface area contributed by atoms with Crippen LogP contribution in [0, 0.1) is 0 Å². The summed E-state index contributed by atoms with van der Waals surface area (Å²) >= 11 is 0. The molecule has 6 heteroatoms. The number of hydrogen-bond acceptors (Lipinski definition) is 5. The van der Waals surface area contributed by atoms with Crippen molar-refractivity contribution in [1.29, 1.82) is 0 Å². The van der Waals surface area contributed by atoms with Crippen molar-refractivity contribution in [3.63, 3.8) is 0 Å². The minimum atomic E-state index is 0.0976. The highest BCUT2D eigenvalue weighted by Crippen LogP contribution is 2.27. The third-order valence-corrected chi connectivity index (χ3v) is 4.46. The minimum Gasteiger partial charge on any atom is -0.493 e. The Morgan fingerprint density at radius 3 is 2.38 bits per heavy atom. The lowest BCUT2D eigenvalue weighted by Gasteiger charge is -2.33. The van der Waals surface area contributed by atoms with E-state index in [0.29, 0.717) is 13.1 Å². The van der Waals surface area contributed by atoms with E-state index in [-0.39, 0.29) is 5.91 Å². The fourth-order valence-corrected chi connectivity index (χ4v) is 2.91. The van der Waals surface area contributed by atoms with Gasteiger partial charge >= 0.3 is 0 Å². The summed E-state index contributed by atoms with van der Waals surface area (Å²) in [5, 5.41) is 3.00. The molecule has 134 valence electrons. The molecule has 0 saturated carbocycles. The lowest BCUT2D eigenvalue weighted by atomic mass is 10.1. The number of ether oxygens (including phenoxy) is 2. The Bertz CT molecular complexity index is 528. The van der Waals surface area contributed by atoms with Gasteiger partial charge in [-0.3, -0.25) is 9.69 Å². The maximum absolute atomic E-state index is 12.1. The van der Waals surface area contributed by atoms with Gasteiger partial charge in [0.1, 0.15) is 0 Å². The predicted octanol–water partition coefficient (Wildman–Crippen LogP) is 1.00. The molecular weight excluding hydrogens is 306 g/mol. The number of methoxy groups -OCH3 is 2. The number of carbonyl (C=O) groups excluding carboxylic acids is 1. The molecule has 1 amide bonds. The summed E-state index contributed by atoms with van der Waals surface area (Å²) < 4.78 is 10.5. The molecule has 0 radical (unpaired) electrons. The minimum absolute atomic E-state index is 0.0976. The molecule has 1 saturated heterocycles. The molecule has 6 nitrogen and oxygen atoms in total. The quantitative estimate of drug-likeness (QED) is 0.768. The first-order chi connectivity index (χ1) is 11.7. The molecule has 1 fully saturated rings. The van der Waals surface area contributed by atoms with Gasteiger partial charge < -0.3 is 19.7 Å². The van der Waals surface area contributed by atoms with Crippen molar-refractivity contribution in [2.45, 2.75) is 13.3 Å². The summed E-state index contributed by atoms with van der Waals surface area (Å²) in [6, 6.07) is 5.84. The molecule has 24 heavy (non-hydrogen) atoms. The summed E-state index contributed by atoms with van der Waals surface area (Å²) in [4.78, 5) is 16.7. The fraction of sp³-hybridized carbons (Fsp3) is 0.611. The van der Waals surface area contributed by atoms with Crippen LogP contribution in [-0.4, -0.2) is 75.7 Å². The number of benzene rings is 1. The van der Waals surface area contributed by atoms with Crippen LogP contribution in [0.2, 0.25) is 0 Å². The lowest BCUT2D eigenvalue weighted by molar-refractivity contribution is -0.122. The van der Waals surface area contributed by atoms with Gasteiger partial charge in [0.25, 0.3) is 0 Å². The van der Waals surface area contributed by atoms with Crippen LogP contribution in [0.15, 0.2) is 18.2 Å². The van der Waals surface area contributed by atoms with Gasteiger partial charge in [0.05, 0.1) is 20.8 Å². The number of carbonyl (C=O) groups is 1. The molecule has 0 spiro atoms. The van der Waals surface area contributed by atoms with Crippen molar-refractivity contribution < 1.29 is 14.3 Å². The fourth-order valence-electron chi connectivity index (χ4n) is 2.91. The van der Waals surface area contributed by atoms with Gasteiger partial charge in [0.15, 0.2) is 11.5 Å². The molecule has 0 unspecified atom stereocenters. The van der Waals surface area contributed by atoms with E-state index < -0.39 is 0 Å². The third-order valence-electron chi connectivity index (χ3n) is 4.46. The van der Waals surface area contributed by atoms with E-state index in [1.165, 1.54) is 0 Å². The lowest BCUT2D eigenvalue weighted by Crippen LogP contribution is -2.49. The Morgan fingerprint density at radius 2 is 1.75 bits per heavy atom. The van der Waals surface area contributed by atoms with Gasteiger partial charge in [0.2, 0.25) is 5.91 Å². The first-order valence-electron chi connectivity index (χ1n) is 8.58. The van der Waals surface area contributed by atoms with E-state index in [1.54, 1.807) is 14.2 Å². The highest BCUT2D eigenvalue weighted by Gasteiger charge is 2.17. The van der Waals surface area contributed by atoms with Gasteiger partial charge in [0, 0.05) is 32.7 Å². The Hall–Kier alpha value is -1.79. The van der Waals surface area contributed by atoms with Gasteiger partial charge in [-0.2, -0.15) is 0 Å². The summed E-state index contributed by atoms with van der Waals surface area (Å²) in [5.74, 6) is 1.53. The maximum Gasteiger partial charge on any atom is 0.234 e. The third kappa shape index (κ3) is 5.39. The summed E-state index contributed by atoms with van der Waals surface area (Å²) in [6.45, 7) is 8.42. The van der Waals surface area contributed by atoms with Crippen molar-refractivity contribution >= 4 is 5.91 Å². The first-order valence-corrected chi connectivity index (χ1v) is 8.58. The summed E-state index contributed by atoms with van der Waals surface area (Å²) in [7, 11) is 3.25. The average molecular weight is 335 g/mol. The molecule has 1 aliphatic heterocycles. The molecule has 0 atom stereocenters. The molecular formula is C18H29N3O3. The molecule has 2 rings (SSSR count). The molecule has 1 aliphatic rings. The van der Waals surface area contributed by atoms with E-state index in [1.807, 2.05) is 18.2 Å². The number of rotatable bonds is 8. The number of amides is 1. The Kier molecular flexibility index (Phi) is 7.34. The van der Waals surface area contributed by atoms with Crippen LogP contribution in [0.25, 0.3) is 0 Å². The van der Waals surface area contributed by atoms with E-state index in [2.05, 4.69) is 22.0 Å². The van der Waals surface area contributed by atoms with E-state index >= 15 is 0 Å². The van der Waals surface area contributed by atoms with Crippen LogP contribution < -0.4 is 14.8 Å². The largest absolute Gasteiger partial charge is 0.493 e. The SMILES string of the molecule is CCN1CCN(CC(=O)NCCc2ccc(OC)c(OC)c2)CC1. The molecule has 0 bridgehead atoms. The van der Waals surface area contributed by atoms with Crippen LogP contribution in [0.1, 0.15) is 12.5 Å². The second-order valence-corrected chi connectivity index (χ2v) is 6.00. The highest BCUT2D eigenvalue weighted by molar-refractivity contribution is 5.78. The van der Waals surface area contributed by atoms with Crippen molar-refractivity contribution in [2.24, 2.45) is 0 Å². The highest BCUT2D eigenvalue weighted by atomic mass is 16.5. The van der Waals surface area contributed by atoms with Crippen LogP contribution in [-0.2, 0) is 11.2 Å². The number of nitrogens with zero attached hydrogens (tertiary/aromatic N) is 2. The maximum atomic E-state index is 12.1. The number of hydrogen-bond donors (Lipinski definition) is 1.